The first-order valence-electron chi connectivity index (χ1n) is 5.85. The summed E-state index contributed by atoms with van der Waals surface area (Å²) in [5.41, 5.74) is 3.42. The Bertz CT molecular complexity index is 402. The first-order chi connectivity index (χ1) is 8.13. The van der Waals surface area contributed by atoms with Gasteiger partial charge < -0.3 is 5.32 Å². The topological polar surface area (TPSA) is 29.1 Å². The van der Waals surface area contributed by atoms with Crippen LogP contribution in [0.1, 0.15) is 30.6 Å². The maximum absolute atomic E-state index is 11.9. The number of amides is 1. The highest BCUT2D eigenvalue weighted by molar-refractivity contribution is 5.94. The highest BCUT2D eigenvalue weighted by Crippen LogP contribution is 2.07. The van der Waals surface area contributed by atoms with Gasteiger partial charge in [-0.3, -0.25) is 4.79 Å². The Morgan fingerprint density at radius 2 is 2.06 bits per heavy atom. The van der Waals surface area contributed by atoms with E-state index in [-0.39, 0.29) is 11.9 Å². The highest BCUT2D eigenvalue weighted by atomic mass is 16.1. The number of hydrogen-bond acceptors (Lipinski definition) is 1. The van der Waals surface area contributed by atoms with Crippen LogP contribution in [0, 0.1) is 5.92 Å². The summed E-state index contributed by atoms with van der Waals surface area (Å²) in [6.45, 7) is 7.80. The van der Waals surface area contributed by atoms with Gasteiger partial charge in [0.05, 0.1) is 6.04 Å². The van der Waals surface area contributed by atoms with Crippen LogP contribution in [-0.4, -0.2) is 11.9 Å². The summed E-state index contributed by atoms with van der Waals surface area (Å²) >= 11 is 0. The van der Waals surface area contributed by atoms with Crippen molar-refractivity contribution in [2.45, 2.75) is 26.3 Å². The average molecular weight is 229 g/mol. The summed E-state index contributed by atoms with van der Waals surface area (Å²) in [5.74, 6) is 0.462. The molecule has 2 nitrogen and oxygen atoms in total. The molecule has 1 rings (SSSR count). The predicted molar refractivity (Wildman–Crippen MR) is 70.9 cm³/mol. The van der Waals surface area contributed by atoms with E-state index in [9.17, 15) is 4.79 Å². The molecule has 17 heavy (non-hydrogen) atoms. The first kappa shape index (κ1) is 13.3. The van der Waals surface area contributed by atoms with Gasteiger partial charge in [-0.1, -0.05) is 38.6 Å². The van der Waals surface area contributed by atoms with Gasteiger partial charge in [0, 0.05) is 5.56 Å². The molecule has 0 heterocycles. The number of hydrogen-bond donors (Lipinski definition) is 1. The van der Waals surface area contributed by atoms with Crippen molar-refractivity contribution in [3.63, 3.8) is 0 Å². The zero-order chi connectivity index (χ0) is 12.7. The fraction of sp³-hybridized carbons (Fsp3) is 0.333. The third kappa shape index (κ3) is 4.71. The lowest BCUT2D eigenvalue weighted by molar-refractivity contribution is 0.0941. The van der Waals surface area contributed by atoms with E-state index in [4.69, 9.17) is 0 Å². The average Bonchev–Trinajstić information content (AvgIpc) is 2.29. The van der Waals surface area contributed by atoms with Crippen molar-refractivity contribution in [1.29, 1.82) is 0 Å². The molecule has 90 valence electrons. The molecular formula is C15H19NO. The molecule has 0 bridgehead atoms. The molecule has 1 aromatic carbocycles. The molecule has 0 radical (unpaired) electrons. The lowest BCUT2D eigenvalue weighted by atomic mass is 10.0. The van der Waals surface area contributed by atoms with E-state index in [1.807, 2.05) is 18.2 Å². The lowest BCUT2D eigenvalue weighted by Crippen LogP contribution is -2.34. The molecule has 0 aromatic heterocycles. The molecular weight excluding hydrogens is 210 g/mol. The van der Waals surface area contributed by atoms with Crippen molar-refractivity contribution in [1.82, 2.24) is 5.32 Å². The molecule has 0 aliphatic heterocycles. The van der Waals surface area contributed by atoms with Gasteiger partial charge in [-0.05, 0) is 30.5 Å². The molecule has 0 aliphatic carbocycles. The van der Waals surface area contributed by atoms with Crippen LogP contribution in [0.3, 0.4) is 0 Å². The summed E-state index contributed by atoms with van der Waals surface area (Å²) in [6, 6.07) is 9.22. The summed E-state index contributed by atoms with van der Waals surface area (Å²) in [6.07, 6.45) is 2.70. The molecule has 1 N–H and O–H groups in total. The standard InChI is InChI=1S/C15H19NO/c1-4-8-14(11-12(2)3)16-15(17)13-9-6-5-7-10-13/h5-10,12,14H,1,11H2,2-3H3,(H,16,17)/t14-/m1/s1. The van der Waals surface area contributed by atoms with Crippen LogP contribution in [0.2, 0.25) is 0 Å². The van der Waals surface area contributed by atoms with E-state index in [1.54, 1.807) is 18.2 Å². The van der Waals surface area contributed by atoms with Crippen LogP contribution in [0.15, 0.2) is 48.7 Å². The smallest absolute Gasteiger partial charge is 0.251 e. The maximum Gasteiger partial charge on any atom is 0.251 e. The van der Waals surface area contributed by atoms with Crippen molar-refractivity contribution >= 4 is 5.91 Å². The molecule has 0 saturated carbocycles. The lowest BCUT2D eigenvalue weighted by Gasteiger charge is -2.16. The van der Waals surface area contributed by atoms with Crippen LogP contribution >= 0.6 is 0 Å². The van der Waals surface area contributed by atoms with Gasteiger partial charge in [0.1, 0.15) is 0 Å². The highest BCUT2D eigenvalue weighted by Gasteiger charge is 2.12. The molecule has 1 amide bonds. The molecule has 0 aliphatic rings. The molecule has 0 saturated heterocycles. The largest absolute Gasteiger partial charge is 0.345 e. The van der Waals surface area contributed by atoms with Gasteiger partial charge in [0.2, 0.25) is 0 Å². The monoisotopic (exact) mass is 229 g/mol. The second-order valence-corrected chi connectivity index (χ2v) is 4.45. The fourth-order valence-corrected chi connectivity index (χ4v) is 1.66. The van der Waals surface area contributed by atoms with Crippen LogP contribution in [0.4, 0.5) is 0 Å². The normalized spacial score (nSPS) is 11.7. The molecule has 1 aromatic rings. The molecule has 0 unspecified atom stereocenters. The Morgan fingerprint density at radius 1 is 1.41 bits per heavy atom. The second kappa shape index (κ2) is 6.72. The molecule has 0 fully saturated rings. The van der Waals surface area contributed by atoms with Crippen molar-refractivity contribution in [2.24, 2.45) is 5.92 Å². The SMILES string of the molecule is C=C=C[C@H](CC(C)C)NC(=O)c1ccccc1. The quantitative estimate of drug-likeness (QED) is 0.772. The van der Waals surface area contributed by atoms with Gasteiger partial charge >= 0.3 is 0 Å². The van der Waals surface area contributed by atoms with Gasteiger partial charge in [-0.15, -0.1) is 5.73 Å². The van der Waals surface area contributed by atoms with Crippen molar-refractivity contribution in [2.75, 3.05) is 0 Å². The second-order valence-electron chi connectivity index (χ2n) is 4.45. The maximum atomic E-state index is 11.9. The van der Waals surface area contributed by atoms with E-state index in [0.717, 1.165) is 6.42 Å². The third-order valence-electron chi connectivity index (χ3n) is 2.40. The summed E-state index contributed by atoms with van der Waals surface area (Å²) in [7, 11) is 0. The van der Waals surface area contributed by atoms with Crippen molar-refractivity contribution in [3.8, 4) is 0 Å². The van der Waals surface area contributed by atoms with Crippen LogP contribution < -0.4 is 5.32 Å². The van der Waals surface area contributed by atoms with Gasteiger partial charge in [-0.25, -0.2) is 0 Å². The summed E-state index contributed by atoms with van der Waals surface area (Å²) in [5, 5.41) is 2.97. The molecule has 0 spiro atoms. The van der Waals surface area contributed by atoms with Crippen molar-refractivity contribution < 1.29 is 4.79 Å². The zero-order valence-corrected chi connectivity index (χ0v) is 10.4. The number of carbonyl (C=O) groups is 1. The molecule has 2 heteroatoms. The van der Waals surface area contributed by atoms with E-state index < -0.39 is 0 Å². The Balaban J connectivity index is 2.67. The minimum absolute atomic E-state index is 0.000191. The minimum atomic E-state index is -0.0530. The van der Waals surface area contributed by atoms with E-state index in [0.29, 0.717) is 11.5 Å². The fourth-order valence-electron chi connectivity index (χ4n) is 1.66. The summed E-state index contributed by atoms with van der Waals surface area (Å²) in [4.78, 5) is 11.9. The number of nitrogens with one attached hydrogen (secondary N) is 1. The Morgan fingerprint density at radius 3 is 2.59 bits per heavy atom. The Kier molecular flexibility index (Phi) is 5.25. The third-order valence-corrected chi connectivity index (χ3v) is 2.40. The van der Waals surface area contributed by atoms with E-state index in [2.05, 4.69) is 31.5 Å². The number of benzene rings is 1. The molecule has 1 atom stereocenters. The van der Waals surface area contributed by atoms with Crippen LogP contribution in [0.25, 0.3) is 0 Å². The number of rotatable bonds is 5. The van der Waals surface area contributed by atoms with E-state index >= 15 is 0 Å². The van der Waals surface area contributed by atoms with Gasteiger partial charge in [0.15, 0.2) is 0 Å². The zero-order valence-electron chi connectivity index (χ0n) is 10.4. The van der Waals surface area contributed by atoms with E-state index in [1.165, 1.54) is 0 Å². The predicted octanol–water partition coefficient (Wildman–Crippen LogP) is 3.17. The van der Waals surface area contributed by atoms with Crippen LogP contribution in [0.5, 0.6) is 0 Å². The Hall–Kier alpha value is -1.79. The number of carbonyl (C=O) groups excluding carboxylic acids is 1. The Labute approximate surface area is 103 Å². The van der Waals surface area contributed by atoms with Crippen molar-refractivity contribution in [3.05, 3.63) is 54.3 Å². The first-order valence-corrected chi connectivity index (χ1v) is 5.85. The van der Waals surface area contributed by atoms with Crippen LogP contribution in [-0.2, 0) is 0 Å². The van der Waals surface area contributed by atoms with Gasteiger partial charge in [0.25, 0.3) is 5.91 Å². The van der Waals surface area contributed by atoms with Gasteiger partial charge in [-0.2, -0.15) is 0 Å². The minimum Gasteiger partial charge on any atom is -0.345 e. The summed E-state index contributed by atoms with van der Waals surface area (Å²) < 4.78 is 0.